The van der Waals surface area contributed by atoms with Gasteiger partial charge in [0.05, 0.1) is 12.2 Å². The van der Waals surface area contributed by atoms with Crippen molar-refractivity contribution in [1.29, 1.82) is 0 Å². The van der Waals surface area contributed by atoms with Crippen LogP contribution in [0.5, 0.6) is 0 Å². The monoisotopic (exact) mass is 259 g/mol. The van der Waals surface area contributed by atoms with Crippen LogP contribution in [0.4, 0.5) is 13.2 Å². The third-order valence-electron chi connectivity index (χ3n) is 2.69. The van der Waals surface area contributed by atoms with Crippen LogP contribution in [0.1, 0.15) is 24.0 Å². The predicted octanol–water partition coefficient (Wildman–Crippen LogP) is 2.68. The summed E-state index contributed by atoms with van der Waals surface area (Å²) in [5, 5.41) is 9.04. The molecule has 0 unspecified atom stereocenters. The van der Waals surface area contributed by atoms with Gasteiger partial charge < -0.3 is 10.8 Å². The van der Waals surface area contributed by atoms with Gasteiger partial charge in [0.1, 0.15) is 0 Å². The van der Waals surface area contributed by atoms with Crippen molar-refractivity contribution in [2.75, 3.05) is 6.61 Å². The van der Waals surface area contributed by atoms with E-state index in [1.54, 1.807) is 19.1 Å². The van der Waals surface area contributed by atoms with Crippen LogP contribution in [0.2, 0.25) is 0 Å². The number of allylic oxidation sites excluding steroid dienone is 1. The zero-order valence-electron chi connectivity index (χ0n) is 9.98. The van der Waals surface area contributed by atoms with Crippen LogP contribution in [0.3, 0.4) is 0 Å². The number of nitrogens with two attached hydrogens (primary N) is 1. The number of rotatable bonds is 4. The largest absolute Gasteiger partial charge is 0.416 e. The quantitative estimate of drug-likeness (QED) is 0.817. The number of hydrogen-bond acceptors (Lipinski definition) is 2. The van der Waals surface area contributed by atoms with Crippen molar-refractivity contribution >= 4 is 0 Å². The average molecular weight is 259 g/mol. The molecule has 0 saturated carbocycles. The number of halogens is 3. The fourth-order valence-electron chi connectivity index (χ4n) is 1.72. The van der Waals surface area contributed by atoms with Gasteiger partial charge in [-0.05, 0) is 24.6 Å². The first-order valence-electron chi connectivity index (χ1n) is 5.56. The van der Waals surface area contributed by atoms with Gasteiger partial charge in [0.15, 0.2) is 0 Å². The standard InChI is InChI=1S/C13H16F3NO/c1-2-3-11(12(17)8-18)9-4-6-10(7-5-9)13(14,15)16/h2-7,11-12,18H,8,17H2,1H3/t11-,12+/m0/s1. The fraction of sp³-hybridized carbons (Fsp3) is 0.385. The SMILES string of the molecule is CC=C[C@@H](c1ccc(C(F)(F)F)cc1)[C@H](N)CO. The second-order valence-corrected chi connectivity index (χ2v) is 4.02. The van der Waals surface area contributed by atoms with E-state index < -0.39 is 17.8 Å². The summed E-state index contributed by atoms with van der Waals surface area (Å²) in [6.07, 6.45) is -0.810. The molecule has 100 valence electrons. The van der Waals surface area contributed by atoms with Crippen molar-refractivity contribution in [3.05, 3.63) is 47.5 Å². The highest BCUT2D eigenvalue weighted by molar-refractivity contribution is 5.30. The molecule has 3 N–H and O–H groups in total. The highest BCUT2D eigenvalue weighted by atomic mass is 19.4. The van der Waals surface area contributed by atoms with Crippen molar-refractivity contribution in [2.24, 2.45) is 5.73 Å². The Kier molecular flexibility index (Phi) is 4.93. The summed E-state index contributed by atoms with van der Waals surface area (Å²) in [4.78, 5) is 0. The minimum atomic E-state index is -4.34. The Morgan fingerprint density at radius 2 is 1.83 bits per heavy atom. The Balaban J connectivity index is 3.01. The zero-order chi connectivity index (χ0) is 13.8. The first-order chi connectivity index (χ1) is 8.40. The van der Waals surface area contributed by atoms with Crippen LogP contribution >= 0.6 is 0 Å². The molecule has 1 aromatic carbocycles. The van der Waals surface area contributed by atoms with Gasteiger partial charge in [-0.1, -0.05) is 24.3 Å². The molecule has 0 saturated heterocycles. The van der Waals surface area contributed by atoms with E-state index in [9.17, 15) is 13.2 Å². The summed E-state index contributed by atoms with van der Waals surface area (Å²) in [6, 6.07) is 4.30. The van der Waals surface area contributed by atoms with Gasteiger partial charge in [0.2, 0.25) is 0 Å². The molecular formula is C13H16F3NO. The molecule has 0 amide bonds. The van der Waals surface area contributed by atoms with E-state index in [-0.39, 0.29) is 12.5 Å². The summed E-state index contributed by atoms with van der Waals surface area (Å²) >= 11 is 0. The molecule has 0 fully saturated rings. The maximum absolute atomic E-state index is 12.4. The molecule has 1 aromatic rings. The molecule has 18 heavy (non-hydrogen) atoms. The molecule has 5 heteroatoms. The fourth-order valence-corrected chi connectivity index (χ4v) is 1.72. The summed E-state index contributed by atoms with van der Waals surface area (Å²) in [6.45, 7) is 1.57. The van der Waals surface area contributed by atoms with Crippen molar-refractivity contribution in [2.45, 2.75) is 25.1 Å². The normalized spacial score (nSPS) is 15.9. The Morgan fingerprint density at radius 1 is 1.28 bits per heavy atom. The van der Waals surface area contributed by atoms with Gasteiger partial charge in [-0.3, -0.25) is 0 Å². The van der Waals surface area contributed by atoms with Crippen LogP contribution in [-0.2, 0) is 6.18 Å². The Labute approximate surface area is 104 Å². The zero-order valence-corrected chi connectivity index (χ0v) is 9.98. The Hall–Kier alpha value is -1.33. The molecule has 0 aliphatic rings. The summed E-state index contributed by atoms with van der Waals surface area (Å²) in [5.41, 5.74) is 5.70. The van der Waals surface area contributed by atoms with Crippen LogP contribution in [0.15, 0.2) is 36.4 Å². The minimum absolute atomic E-state index is 0.226. The van der Waals surface area contributed by atoms with Gasteiger partial charge in [-0.25, -0.2) is 0 Å². The molecular weight excluding hydrogens is 243 g/mol. The smallest absolute Gasteiger partial charge is 0.395 e. The van der Waals surface area contributed by atoms with Crippen molar-refractivity contribution in [3.63, 3.8) is 0 Å². The molecule has 0 aromatic heterocycles. The van der Waals surface area contributed by atoms with E-state index in [1.807, 2.05) is 0 Å². The van der Waals surface area contributed by atoms with Gasteiger partial charge in [-0.15, -0.1) is 0 Å². The van der Waals surface area contributed by atoms with Crippen LogP contribution in [0, 0.1) is 0 Å². The predicted molar refractivity (Wildman–Crippen MR) is 64.1 cm³/mol. The lowest BCUT2D eigenvalue weighted by Crippen LogP contribution is -2.31. The van der Waals surface area contributed by atoms with Crippen molar-refractivity contribution in [3.8, 4) is 0 Å². The topological polar surface area (TPSA) is 46.2 Å². The second-order valence-electron chi connectivity index (χ2n) is 4.02. The second kappa shape index (κ2) is 6.02. The first-order valence-corrected chi connectivity index (χ1v) is 5.56. The number of aliphatic hydroxyl groups is 1. The van der Waals surface area contributed by atoms with Gasteiger partial charge >= 0.3 is 6.18 Å². The molecule has 0 heterocycles. The molecule has 0 aliphatic heterocycles. The summed E-state index contributed by atoms with van der Waals surface area (Å²) < 4.78 is 37.2. The van der Waals surface area contributed by atoms with E-state index in [4.69, 9.17) is 10.8 Å². The third-order valence-corrected chi connectivity index (χ3v) is 2.69. The van der Waals surface area contributed by atoms with Crippen molar-refractivity contribution in [1.82, 2.24) is 0 Å². The van der Waals surface area contributed by atoms with E-state index in [1.165, 1.54) is 12.1 Å². The minimum Gasteiger partial charge on any atom is -0.395 e. The van der Waals surface area contributed by atoms with Gasteiger partial charge in [-0.2, -0.15) is 13.2 Å². The number of aliphatic hydroxyl groups excluding tert-OH is 1. The Morgan fingerprint density at radius 3 is 2.22 bits per heavy atom. The molecule has 0 spiro atoms. The van der Waals surface area contributed by atoms with E-state index in [2.05, 4.69) is 0 Å². The lowest BCUT2D eigenvalue weighted by atomic mass is 9.91. The molecule has 0 aliphatic carbocycles. The van der Waals surface area contributed by atoms with Crippen molar-refractivity contribution < 1.29 is 18.3 Å². The van der Waals surface area contributed by atoms with E-state index >= 15 is 0 Å². The average Bonchev–Trinajstić information content (AvgIpc) is 2.34. The van der Waals surface area contributed by atoms with Gasteiger partial charge in [0.25, 0.3) is 0 Å². The highest BCUT2D eigenvalue weighted by Gasteiger charge is 2.30. The maximum Gasteiger partial charge on any atom is 0.416 e. The molecule has 2 nitrogen and oxygen atoms in total. The maximum atomic E-state index is 12.4. The summed E-state index contributed by atoms with van der Waals surface area (Å²) in [7, 11) is 0. The third kappa shape index (κ3) is 3.58. The number of benzene rings is 1. The first kappa shape index (κ1) is 14.7. The summed E-state index contributed by atoms with van der Waals surface area (Å²) in [5.74, 6) is -0.290. The van der Waals surface area contributed by atoms with Crippen LogP contribution in [-0.4, -0.2) is 17.8 Å². The molecule has 0 bridgehead atoms. The van der Waals surface area contributed by atoms with E-state index in [0.717, 1.165) is 12.1 Å². The van der Waals surface area contributed by atoms with Crippen LogP contribution < -0.4 is 5.73 Å². The number of alkyl halides is 3. The highest BCUT2D eigenvalue weighted by Crippen LogP contribution is 2.30. The van der Waals surface area contributed by atoms with Gasteiger partial charge in [0, 0.05) is 12.0 Å². The molecule has 2 atom stereocenters. The molecule has 1 rings (SSSR count). The molecule has 0 radical (unpaired) electrons. The lowest BCUT2D eigenvalue weighted by Gasteiger charge is -2.20. The Bertz CT molecular complexity index is 398. The lowest BCUT2D eigenvalue weighted by molar-refractivity contribution is -0.137. The number of hydrogen-bond donors (Lipinski definition) is 2. The van der Waals surface area contributed by atoms with E-state index in [0.29, 0.717) is 5.56 Å². The van der Waals surface area contributed by atoms with Crippen LogP contribution in [0.25, 0.3) is 0 Å².